The molecule has 34 heavy (non-hydrogen) atoms. The highest BCUT2D eigenvalue weighted by Crippen LogP contribution is 2.30. The van der Waals surface area contributed by atoms with Crippen molar-refractivity contribution in [3.8, 4) is 17.1 Å². The van der Waals surface area contributed by atoms with Gasteiger partial charge in [-0.15, -0.1) is 0 Å². The van der Waals surface area contributed by atoms with E-state index in [-0.39, 0.29) is 22.7 Å². The average Bonchev–Trinajstić information content (AvgIpc) is 3.26. The number of hydrogen-bond acceptors (Lipinski definition) is 7. The second-order valence-electron chi connectivity index (χ2n) is 7.34. The molecule has 1 N–H and O–H groups in total. The molecule has 0 bridgehead atoms. The van der Waals surface area contributed by atoms with Crippen LogP contribution in [0.25, 0.3) is 17.4 Å². The molecule has 0 radical (unpaired) electrons. The Hall–Kier alpha value is -4.73. The molecule has 0 aliphatic carbocycles. The lowest BCUT2D eigenvalue weighted by atomic mass is 10.1. The van der Waals surface area contributed by atoms with Gasteiger partial charge in [-0.3, -0.25) is 25.0 Å². The van der Waals surface area contributed by atoms with Gasteiger partial charge < -0.3 is 9.15 Å². The Bertz CT molecular complexity index is 1340. The molecule has 10 nitrogen and oxygen atoms in total. The Morgan fingerprint density at radius 1 is 1.09 bits per heavy atom. The number of benzene rings is 2. The number of nitro groups is 1. The lowest BCUT2D eigenvalue weighted by molar-refractivity contribution is -0.384. The monoisotopic (exact) mass is 461 g/mol. The summed E-state index contributed by atoms with van der Waals surface area (Å²) in [7, 11) is 0. The third-order valence-electron chi connectivity index (χ3n) is 5.12. The summed E-state index contributed by atoms with van der Waals surface area (Å²) in [6, 6.07) is 12.9. The van der Waals surface area contributed by atoms with Crippen LogP contribution in [0.2, 0.25) is 0 Å². The molecular formula is C24H19N3O7. The summed E-state index contributed by atoms with van der Waals surface area (Å²) in [5, 5.41) is 13.3. The number of carbonyl (C=O) groups excluding carboxylic acids is 3. The molecule has 1 aliphatic rings. The summed E-state index contributed by atoms with van der Waals surface area (Å²) in [6.07, 6.45) is 1.22. The molecule has 1 saturated heterocycles. The lowest BCUT2D eigenvalue weighted by Crippen LogP contribution is -2.54. The summed E-state index contributed by atoms with van der Waals surface area (Å²) in [4.78, 5) is 49.3. The average molecular weight is 461 g/mol. The number of imide groups is 2. The first-order valence-electron chi connectivity index (χ1n) is 10.3. The molecule has 4 rings (SSSR count). The zero-order valence-electron chi connectivity index (χ0n) is 18.2. The number of aryl methyl sites for hydroxylation is 1. The van der Waals surface area contributed by atoms with Crippen molar-refractivity contribution in [2.45, 2.75) is 13.8 Å². The van der Waals surface area contributed by atoms with E-state index in [1.54, 1.807) is 31.2 Å². The Labute approximate surface area is 193 Å². The molecule has 0 saturated carbocycles. The first-order valence-corrected chi connectivity index (χ1v) is 10.3. The van der Waals surface area contributed by atoms with Gasteiger partial charge >= 0.3 is 6.03 Å². The van der Waals surface area contributed by atoms with E-state index in [0.29, 0.717) is 23.7 Å². The molecule has 1 fully saturated rings. The van der Waals surface area contributed by atoms with E-state index in [9.17, 15) is 24.5 Å². The van der Waals surface area contributed by atoms with Gasteiger partial charge in [0.15, 0.2) is 0 Å². The highest BCUT2D eigenvalue weighted by molar-refractivity contribution is 6.39. The number of ether oxygens (including phenoxy) is 1. The maximum Gasteiger partial charge on any atom is 0.335 e. The molecule has 3 aromatic rings. The number of non-ortho nitro benzene ring substituents is 1. The highest BCUT2D eigenvalue weighted by atomic mass is 16.6. The van der Waals surface area contributed by atoms with Crippen LogP contribution in [0.3, 0.4) is 0 Å². The molecule has 4 amide bonds. The second kappa shape index (κ2) is 9.02. The van der Waals surface area contributed by atoms with Crippen LogP contribution in [0.4, 0.5) is 16.2 Å². The summed E-state index contributed by atoms with van der Waals surface area (Å²) < 4.78 is 11.1. The lowest BCUT2D eigenvalue weighted by Gasteiger charge is -2.26. The number of nitrogens with zero attached hydrogens (tertiary/aromatic N) is 2. The molecular weight excluding hydrogens is 442 g/mol. The van der Waals surface area contributed by atoms with E-state index in [1.165, 1.54) is 36.4 Å². The van der Waals surface area contributed by atoms with Crippen molar-refractivity contribution in [3.05, 3.63) is 81.6 Å². The minimum atomic E-state index is -0.872. The number of nitrogens with one attached hydrogen (secondary N) is 1. The molecule has 1 aliphatic heterocycles. The van der Waals surface area contributed by atoms with Crippen molar-refractivity contribution in [2.75, 3.05) is 11.5 Å². The molecule has 0 unspecified atom stereocenters. The zero-order valence-corrected chi connectivity index (χ0v) is 18.2. The predicted octanol–water partition coefficient (Wildman–Crippen LogP) is 4.23. The van der Waals surface area contributed by atoms with E-state index in [1.807, 2.05) is 6.92 Å². The van der Waals surface area contributed by atoms with Gasteiger partial charge in [-0.1, -0.05) is 6.07 Å². The third kappa shape index (κ3) is 4.29. The van der Waals surface area contributed by atoms with Crippen molar-refractivity contribution < 1.29 is 28.5 Å². The normalized spacial score (nSPS) is 14.9. The quantitative estimate of drug-likeness (QED) is 0.251. The number of furan rings is 1. The largest absolute Gasteiger partial charge is 0.494 e. The minimum absolute atomic E-state index is 0.0942. The standard InChI is InChI=1S/C24H19N3O7/c1-3-33-17-8-6-15(7-9-17)26-23(29)20(22(28)25-24(26)30)13-18-10-11-21(34-18)19-12-16(27(31)32)5-4-14(19)2/h4-13H,3H2,1-2H3,(H,25,28,30). The molecule has 2 heterocycles. The Morgan fingerprint density at radius 3 is 2.50 bits per heavy atom. The zero-order chi connectivity index (χ0) is 24.4. The van der Waals surface area contributed by atoms with Gasteiger partial charge in [-0.2, -0.15) is 0 Å². The van der Waals surface area contributed by atoms with Crippen molar-refractivity contribution in [3.63, 3.8) is 0 Å². The minimum Gasteiger partial charge on any atom is -0.494 e. The Kier molecular flexibility index (Phi) is 5.96. The van der Waals surface area contributed by atoms with Crippen LogP contribution >= 0.6 is 0 Å². The van der Waals surface area contributed by atoms with E-state index in [0.717, 1.165) is 10.5 Å². The summed E-state index contributed by atoms with van der Waals surface area (Å²) >= 11 is 0. The van der Waals surface area contributed by atoms with Crippen molar-refractivity contribution in [1.82, 2.24) is 5.32 Å². The van der Waals surface area contributed by atoms with Gasteiger partial charge in [0.25, 0.3) is 17.5 Å². The number of barbiturate groups is 1. The van der Waals surface area contributed by atoms with Crippen LogP contribution < -0.4 is 15.0 Å². The third-order valence-corrected chi connectivity index (χ3v) is 5.12. The van der Waals surface area contributed by atoms with Crippen molar-refractivity contribution in [1.29, 1.82) is 0 Å². The summed E-state index contributed by atoms with van der Waals surface area (Å²) in [6.45, 7) is 4.07. The number of urea groups is 1. The molecule has 1 aromatic heterocycles. The molecule has 0 spiro atoms. The van der Waals surface area contributed by atoms with Crippen LogP contribution in [-0.4, -0.2) is 29.4 Å². The molecule has 172 valence electrons. The number of anilines is 1. The number of hydrogen-bond donors (Lipinski definition) is 1. The first kappa shape index (κ1) is 22.5. The van der Waals surface area contributed by atoms with Gasteiger partial charge in [0.05, 0.1) is 17.2 Å². The molecule has 0 atom stereocenters. The number of nitro benzene ring substituents is 1. The summed E-state index contributed by atoms with van der Waals surface area (Å²) in [5.74, 6) is -0.608. The van der Waals surface area contributed by atoms with Gasteiger partial charge in [0.2, 0.25) is 0 Å². The van der Waals surface area contributed by atoms with E-state index in [2.05, 4.69) is 5.32 Å². The van der Waals surface area contributed by atoms with Crippen LogP contribution in [0, 0.1) is 17.0 Å². The highest BCUT2D eigenvalue weighted by Gasteiger charge is 2.37. The van der Waals surface area contributed by atoms with Gasteiger partial charge in [-0.05, 0) is 61.9 Å². The van der Waals surface area contributed by atoms with Crippen LogP contribution in [0.1, 0.15) is 18.2 Å². The van der Waals surface area contributed by atoms with Gasteiger partial charge in [0, 0.05) is 17.7 Å². The number of rotatable bonds is 6. The van der Waals surface area contributed by atoms with E-state index < -0.39 is 22.8 Å². The predicted molar refractivity (Wildman–Crippen MR) is 122 cm³/mol. The van der Waals surface area contributed by atoms with Gasteiger partial charge in [-0.25, -0.2) is 9.69 Å². The molecule has 10 heteroatoms. The first-order chi connectivity index (χ1) is 16.3. The number of carbonyl (C=O) groups is 3. The van der Waals surface area contributed by atoms with Crippen molar-refractivity contribution in [2.24, 2.45) is 0 Å². The van der Waals surface area contributed by atoms with Crippen LogP contribution in [0.15, 0.2) is 64.6 Å². The maximum absolute atomic E-state index is 13.0. The van der Waals surface area contributed by atoms with Crippen LogP contribution in [0.5, 0.6) is 5.75 Å². The number of amides is 4. The fourth-order valence-corrected chi connectivity index (χ4v) is 3.46. The summed E-state index contributed by atoms with van der Waals surface area (Å²) in [5.41, 5.74) is 1.12. The van der Waals surface area contributed by atoms with Crippen molar-refractivity contribution >= 4 is 35.3 Å². The smallest absolute Gasteiger partial charge is 0.335 e. The Balaban J connectivity index is 1.65. The van der Waals surface area contributed by atoms with Crippen LogP contribution in [-0.2, 0) is 9.59 Å². The maximum atomic E-state index is 13.0. The topological polar surface area (TPSA) is 132 Å². The second-order valence-corrected chi connectivity index (χ2v) is 7.34. The van der Waals surface area contributed by atoms with E-state index >= 15 is 0 Å². The SMILES string of the molecule is CCOc1ccc(N2C(=O)NC(=O)C(=Cc3ccc(-c4cc([N+](=O)[O-])ccc4C)o3)C2=O)cc1. The fraction of sp³-hybridized carbons (Fsp3) is 0.125. The van der Waals surface area contributed by atoms with Gasteiger partial charge in [0.1, 0.15) is 22.8 Å². The van der Waals surface area contributed by atoms with E-state index in [4.69, 9.17) is 9.15 Å². The Morgan fingerprint density at radius 2 is 1.82 bits per heavy atom. The molecule has 2 aromatic carbocycles. The fourth-order valence-electron chi connectivity index (χ4n) is 3.46.